The summed E-state index contributed by atoms with van der Waals surface area (Å²) in [6.07, 6.45) is 16.6. The molecule has 2 rings (SSSR count). The molecule has 2 aliphatic heterocycles. The van der Waals surface area contributed by atoms with Crippen LogP contribution >= 0.6 is 0 Å². The molecule has 2 aliphatic rings. The van der Waals surface area contributed by atoms with Crippen molar-refractivity contribution in [2.24, 2.45) is 5.92 Å². The number of hydrogen-bond acceptors (Lipinski definition) is 3. The highest BCUT2D eigenvalue weighted by molar-refractivity contribution is 5.78. The summed E-state index contributed by atoms with van der Waals surface area (Å²) in [5.41, 5.74) is 0. The second-order valence-corrected chi connectivity index (χ2v) is 5.82. The lowest BCUT2D eigenvalue weighted by Gasteiger charge is -2.36. The van der Waals surface area contributed by atoms with Gasteiger partial charge in [-0.15, -0.1) is 0 Å². The van der Waals surface area contributed by atoms with Crippen LogP contribution in [0.4, 0.5) is 0 Å². The number of carbonyl (C=O) groups is 1. The Morgan fingerprint density at radius 2 is 2.15 bits per heavy atom. The molecule has 1 N–H and O–H groups in total. The fourth-order valence-electron chi connectivity index (χ4n) is 2.93. The second kappa shape index (κ2) is 8.25. The van der Waals surface area contributed by atoms with E-state index in [9.17, 15) is 4.79 Å². The Labute approximate surface area is 122 Å². The highest BCUT2D eigenvalue weighted by Crippen LogP contribution is 2.27. The molecular weight excluding hydrogens is 250 g/mol. The van der Waals surface area contributed by atoms with Crippen molar-refractivity contribution >= 4 is 5.97 Å². The van der Waals surface area contributed by atoms with Crippen LogP contribution in [0.25, 0.3) is 0 Å². The Kier molecular flexibility index (Phi) is 6.31. The normalized spacial score (nSPS) is 31.9. The molecule has 1 fully saturated rings. The smallest absolute Gasteiger partial charge is 0.313 e. The van der Waals surface area contributed by atoms with Gasteiger partial charge >= 0.3 is 5.97 Å². The summed E-state index contributed by atoms with van der Waals surface area (Å²) >= 11 is 0. The molecule has 2 heterocycles. The van der Waals surface area contributed by atoms with Crippen molar-refractivity contribution in [1.29, 1.82) is 0 Å². The van der Waals surface area contributed by atoms with Crippen molar-refractivity contribution in [2.45, 2.75) is 64.0 Å². The van der Waals surface area contributed by atoms with Crippen LogP contribution in [-0.4, -0.2) is 24.7 Å². The van der Waals surface area contributed by atoms with Crippen molar-refractivity contribution in [3.63, 3.8) is 0 Å². The van der Waals surface area contributed by atoms with E-state index in [1.165, 1.54) is 12.8 Å². The van der Waals surface area contributed by atoms with Gasteiger partial charge in [0, 0.05) is 12.6 Å². The van der Waals surface area contributed by atoms with Gasteiger partial charge in [-0.2, -0.15) is 0 Å². The zero-order valence-corrected chi connectivity index (χ0v) is 12.5. The van der Waals surface area contributed by atoms with Gasteiger partial charge in [-0.3, -0.25) is 4.79 Å². The minimum absolute atomic E-state index is 0.000175. The largest absolute Gasteiger partial charge is 0.460 e. The number of nitrogens with one attached hydrogen (secondary N) is 1. The van der Waals surface area contributed by atoms with E-state index in [0.717, 1.165) is 38.6 Å². The summed E-state index contributed by atoms with van der Waals surface area (Å²) in [5.74, 6) is 0.122. The zero-order valence-electron chi connectivity index (χ0n) is 12.5. The van der Waals surface area contributed by atoms with Crippen molar-refractivity contribution in [2.75, 3.05) is 6.54 Å². The summed E-state index contributed by atoms with van der Waals surface area (Å²) in [6, 6.07) is 0.503. The third-order valence-corrected chi connectivity index (χ3v) is 4.18. The van der Waals surface area contributed by atoms with Gasteiger partial charge in [-0.1, -0.05) is 37.6 Å². The van der Waals surface area contributed by atoms with Crippen LogP contribution in [0.2, 0.25) is 0 Å². The van der Waals surface area contributed by atoms with E-state index >= 15 is 0 Å². The van der Waals surface area contributed by atoms with Crippen molar-refractivity contribution in [3.05, 3.63) is 24.3 Å². The molecule has 0 amide bonds. The molecule has 0 aromatic heterocycles. The molecular formula is C17H27NO2. The number of hydrogen-bond donors (Lipinski definition) is 1. The summed E-state index contributed by atoms with van der Waals surface area (Å²) in [4.78, 5) is 11.5. The first kappa shape index (κ1) is 15.3. The Balaban J connectivity index is 1.91. The first-order chi connectivity index (χ1) is 9.81. The zero-order chi connectivity index (χ0) is 14.2. The van der Waals surface area contributed by atoms with E-state index in [1.54, 1.807) is 0 Å². The van der Waals surface area contributed by atoms with E-state index in [4.69, 9.17) is 4.74 Å². The monoisotopic (exact) mass is 277 g/mol. The molecule has 3 unspecified atom stereocenters. The molecule has 0 radical (unpaired) electrons. The Hall–Kier alpha value is -1.09. The Bertz CT molecular complexity index is 362. The van der Waals surface area contributed by atoms with Crippen LogP contribution in [0.3, 0.4) is 0 Å². The molecule has 3 nitrogen and oxygen atoms in total. The number of carbonyl (C=O) groups excluding carboxylic acids is 1. The van der Waals surface area contributed by atoms with Crippen LogP contribution in [0.1, 0.15) is 51.9 Å². The van der Waals surface area contributed by atoms with Crippen molar-refractivity contribution in [1.82, 2.24) is 5.32 Å². The van der Waals surface area contributed by atoms with Gasteiger partial charge in [0.2, 0.25) is 0 Å². The second-order valence-electron chi connectivity index (χ2n) is 5.82. The minimum atomic E-state index is -0.000175. The van der Waals surface area contributed by atoms with E-state index < -0.39 is 0 Å². The fraction of sp³-hybridized carbons (Fsp3) is 0.706. The predicted octanol–water partition coefficient (Wildman–Crippen LogP) is 3.36. The van der Waals surface area contributed by atoms with E-state index in [-0.39, 0.29) is 18.0 Å². The quantitative estimate of drug-likeness (QED) is 0.621. The van der Waals surface area contributed by atoms with Gasteiger partial charge in [0.15, 0.2) is 0 Å². The van der Waals surface area contributed by atoms with Gasteiger partial charge in [0.05, 0.1) is 5.92 Å². The average molecular weight is 277 g/mol. The van der Waals surface area contributed by atoms with E-state index in [2.05, 4.69) is 36.5 Å². The molecule has 1 saturated heterocycles. The van der Waals surface area contributed by atoms with Crippen molar-refractivity contribution in [3.8, 4) is 0 Å². The van der Waals surface area contributed by atoms with Crippen LogP contribution in [-0.2, 0) is 9.53 Å². The number of rotatable bonds is 2. The van der Waals surface area contributed by atoms with E-state index in [1.807, 2.05) is 0 Å². The van der Waals surface area contributed by atoms with Gasteiger partial charge in [0.25, 0.3) is 0 Å². The third kappa shape index (κ3) is 4.48. The molecule has 20 heavy (non-hydrogen) atoms. The predicted molar refractivity (Wildman–Crippen MR) is 81.4 cm³/mol. The maximum absolute atomic E-state index is 11.5. The number of esters is 1. The van der Waals surface area contributed by atoms with Crippen LogP contribution in [0.15, 0.2) is 24.3 Å². The maximum atomic E-state index is 11.5. The lowest BCUT2D eigenvalue weighted by Crippen LogP contribution is -2.51. The molecule has 0 aliphatic carbocycles. The van der Waals surface area contributed by atoms with Gasteiger partial charge in [0.1, 0.15) is 6.10 Å². The summed E-state index contributed by atoms with van der Waals surface area (Å²) < 4.78 is 5.29. The third-order valence-electron chi connectivity index (χ3n) is 4.18. The van der Waals surface area contributed by atoms with E-state index in [0.29, 0.717) is 6.04 Å². The Morgan fingerprint density at radius 3 is 2.95 bits per heavy atom. The van der Waals surface area contributed by atoms with Gasteiger partial charge < -0.3 is 10.1 Å². The highest BCUT2D eigenvalue weighted by Gasteiger charge is 2.41. The standard InChI is InChI=1S/C17H27NO2/c1-2-10-14-11-8-6-4-3-5-7-9-12-15-16(13-18-14)20-17(15)19/h3,5-6,8,14-16,18H,2,4,7,9-13H2,1H3. The lowest BCUT2D eigenvalue weighted by molar-refractivity contribution is -0.184. The lowest BCUT2D eigenvalue weighted by atomic mass is 9.90. The summed E-state index contributed by atoms with van der Waals surface area (Å²) in [7, 11) is 0. The first-order valence-corrected chi connectivity index (χ1v) is 8.05. The van der Waals surface area contributed by atoms with Crippen molar-refractivity contribution < 1.29 is 9.53 Å². The molecule has 3 atom stereocenters. The number of ether oxygens (including phenoxy) is 1. The number of fused-ring (bicyclic) bond motifs is 1. The molecule has 0 spiro atoms. The minimum Gasteiger partial charge on any atom is -0.460 e. The summed E-state index contributed by atoms with van der Waals surface area (Å²) in [6.45, 7) is 3.02. The average Bonchev–Trinajstić information content (AvgIpc) is 2.44. The van der Waals surface area contributed by atoms with Gasteiger partial charge in [-0.05, 0) is 38.5 Å². The SMILES string of the molecule is CCCC1CC=CCC=CCCCC2C(=O)OC2CN1. The van der Waals surface area contributed by atoms with Crippen LogP contribution in [0, 0.1) is 5.92 Å². The van der Waals surface area contributed by atoms with Crippen LogP contribution < -0.4 is 5.32 Å². The molecule has 0 bridgehead atoms. The Morgan fingerprint density at radius 1 is 1.30 bits per heavy atom. The topological polar surface area (TPSA) is 38.3 Å². The molecule has 0 aromatic rings. The molecule has 3 heteroatoms. The van der Waals surface area contributed by atoms with Crippen LogP contribution in [0.5, 0.6) is 0 Å². The maximum Gasteiger partial charge on any atom is 0.313 e. The summed E-state index contributed by atoms with van der Waals surface area (Å²) in [5, 5.41) is 3.58. The van der Waals surface area contributed by atoms with Gasteiger partial charge in [-0.25, -0.2) is 0 Å². The fourth-order valence-corrected chi connectivity index (χ4v) is 2.93. The highest BCUT2D eigenvalue weighted by atomic mass is 16.6. The molecule has 112 valence electrons. The molecule has 0 saturated carbocycles. The molecule has 0 aromatic carbocycles. The first-order valence-electron chi connectivity index (χ1n) is 8.05. The number of allylic oxidation sites excluding steroid dienone is 3.